The number of anilines is 2. The number of ether oxygens (including phenoxy) is 1. The third-order valence-corrected chi connectivity index (χ3v) is 2.76. The molecular weight excluding hydrogens is 258 g/mol. The molecule has 0 bridgehead atoms. The number of carbonyl (C=O) groups excluding carboxylic acids is 2. The topological polar surface area (TPSA) is 84.7 Å². The Hall–Kier alpha value is -1.95. The fourth-order valence-corrected chi connectivity index (χ4v) is 1.80. The number of nitrogens with zero attached hydrogens (tertiary/aromatic N) is 1. The van der Waals surface area contributed by atoms with Gasteiger partial charge in [-0.15, -0.1) is 0 Å². The van der Waals surface area contributed by atoms with Crippen molar-refractivity contribution in [3.05, 3.63) is 23.2 Å². The number of nitrogens with one attached hydrogen (secondary N) is 1. The van der Waals surface area contributed by atoms with E-state index in [2.05, 4.69) is 5.32 Å². The number of nitrogens with two attached hydrogens (primary N) is 1. The summed E-state index contributed by atoms with van der Waals surface area (Å²) in [6.45, 7) is 0.677. The van der Waals surface area contributed by atoms with Gasteiger partial charge in [-0.2, -0.15) is 0 Å². The minimum atomic E-state index is -0.478. The number of hydrogen-bond donors (Lipinski definition) is 2. The van der Waals surface area contributed by atoms with Crippen molar-refractivity contribution in [2.75, 3.05) is 30.7 Å². The molecule has 96 valence electrons. The average Bonchev–Trinajstić information content (AvgIpc) is 2.69. The fourth-order valence-electron chi connectivity index (χ4n) is 1.57. The van der Waals surface area contributed by atoms with Crippen molar-refractivity contribution in [2.24, 2.45) is 0 Å². The van der Waals surface area contributed by atoms with Crippen LogP contribution in [0.3, 0.4) is 0 Å². The Kier molecular flexibility index (Phi) is 3.57. The second kappa shape index (κ2) is 5.14. The molecule has 1 heterocycles. The van der Waals surface area contributed by atoms with E-state index in [1.54, 1.807) is 18.2 Å². The Bertz CT molecular complexity index is 492. The standard InChI is InChI=1S/C11H12ClN3O3/c12-8-5-7(13)1-2-9(8)14-10(16)6-15-3-4-18-11(15)17/h1-2,5H,3-4,6,13H2,(H,14,16). The minimum absolute atomic E-state index is 0.0560. The molecule has 0 aromatic heterocycles. The largest absolute Gasteiger partial charge is 0.448 e. The SMILES string of the molecule is Nc1ccc(NC(=O)CN2CCOC2=O)c(Cl)c1. The quantitative estimate of drug-likeness (QED) is 0.811. The Morgan fingerprint density at radius 1 is 1.56 bits per heavy atom. The number of amides is 2. The lowest BCUT2D eigenvalue weighted by Crippen LogP contribution is -2.33. The van der Waals surface area contributed by atoms with Gasteiger partial charge in [0.25, 0.3) is 0 Å². The van der Waals surface area contributed by atoms with Gasteiger partial charge < -0.3 is 15.8 Å². The highest BCUT2D eigenvalue weighted by Crippen LogP contribution is 2.23. The first-order valence-electron chi connectivity index (χ1n) is 5.33. The fraction of sp³-hybridized carbons (Fsp3) is 0.273. The van der Waals surface area contributed by atoms with Crippen molar-refractivity contribution in [3.63, 3.8) is 0 Å². The molecule has 1 saturated heterocycles. The van der Waals surface area contributed by atoms with Crippen LogP contribution >= 0.6 is 11.6 Å². The van der Waals surface area contributed by atoms with Crippen molar-refractivity contribution in [3.8, 4) is 0 Å². The number of cyclic esters (lactones) is 1. The molecule has 7 heteroatoms. The number of hydrogen-bond acceptors (Lipinski definition) is 4. The lowest BCUT2D eigenvalue weighted by molar-refractivity contribution is -0.116. The lowest BCUT2D eigenvalue weighted by atomic mass is 10.3. The van der Waals surface area contributed by atoms with Gasteiger partial charge in [-0.3, -0.25) is 9.69 Å². The first kappa shape index (κ1) is 12.5. The van der Waals surface area contributed by atoms with Gasteiger partial charge in [-0.05, 0) is 18.2 Å². The van der Waals surface area contributed by atoms with Gasteiger partial charge in [-0.1, -0.05) is 11.6 Å². The number of halogens is 1. The van der Waals surface area contributed by atoms with Crippen LogP contribution in [0.25, 0.3) is 0 Å². The molecule has 0 aliphatic carbocycles. The molecule has 1 aromatic carbocycles. The maximum Gasteiger partial charge on any atom is 0.410 e. The monoisotopic (exact) mass is 269 g/mol. The molecule has 3 N–H and O–H groups in total. The highest BCUT2D eigenvalue weighted by Gasteiger charge is 2.24. The zero-order chi connectivity index (χ0) is 13.1. The summed E-state index contributed by atoms with van der Waals surface area (Å²) >= 11 is 5.92. The van der Waals surface area contributed by atoms with E-state index >= 15 is 0 Å². The van der Waals surface area contributed by atoms with Crippen molar-refractivity contribution in [1.29, 1.82) is 0 Å². The van der Waals surface area contributed by atoms with Crippen molar-refractivity contribution < 1.29 is 14.3 Å². The highest BCUT2D eigenvalue weighted by molar-refractivity contribution is 6.34. The van der Waals surface area contributed by atoms with E-state index in [1.807, 2.05) is 0 Å². The van der Waals surface area contributed by atoms with Crippen LogP contribution in [0.5, 0.6) is 0 Å². The first-order valence-corrected chi connectivity index (χ1v) is 5.70. The van der Waals surface area contributed by atoms with Crippen LogP contribution in [0.1, 0.15) is 0 Å². The third-order valence-electron chi connectivity index (χ3n) is 2.45. The molecule has 0 saturated carbocycles. The van der Waals surface area contributed by atoms with E-state index in [0.29, 0.717) is 29.5 Å². The minimum Gasteiger partial charge on any atom is -0.448 e. The van der Waals surface area contributed by atoms with E-state index < -0.39 is 6.09 Å². The summed E-state index contributed by atoms with van der Waals surface area (Å²) in [7, 11) is 0. The summed E-state index contributed by atoms with van der Waals surface area (Å²) < 4.78 is 4.72. The molecule has 2 amide bonds. The second-order valence-corrected chi connectivity index (χ2v) is 4.23. The molecular formula is C11H12ClN3O3. The predicted octanol–water partition coefficient (Wildman–Crippen LogP) is 1.31. The third kappa shape index (κ3) is 2.84. The molecule has 0 unspecified atom stereocenters. The summed E-state index contributed by atoms with van der Waals surface area (Å²) in [5.41, 5.74) is 6.52. The van der Waals surface area contributed by atoms with Gasteiger partial charge in [0.15, 0.2) is 0 Å². The molecule has 6 nitrogen and oxygen atoms in total. The van der Waals surface area contributed by atoms with Crippen LogP contribution in [0.15, 0.2) is 18.2 Å². The number of benzene rings is 1. The van der Waals surface area contributed by atoms with E-state index in [9.17, 15) is 9.59 Å². The van der Waals surface area contributed by atoms with Gasteiger partial charge in [-0.25, -0.2) is 4.79 Å². The van der Waals surface area contributed by atoms with Gasteiger partial charge in [0.2, 0.25) is 5.91 Å². The van der Waals surface area contributed by atoms with Crippen molar-refractivity contribution in [2.45, 2.75) is 0 Å². The van der Waals surface area contributed by atoms with Gasteiger partial charge in [0.05, 0.1) is 17.3 Å². The molecule has 2 rings (SSSR count). The van der Waals surface area contributed by atoms with Crippen LogP contribution in [0.2, 0.25) is 5.02 Å². The average molecular weight is 270 g/mol. The van der Waals surface area contributed by atoms with Gasteiger partial charge in [0, 0.05) is 5.69 Å². The van der Waals surface area contributed by atoms with Crippen LogP contribution < -0.4 is 11.1 Å². The predicted molar refractivity (Wildman–Crippen MR) is 67.4 cm³/mol. The van der Waals surface area contributed by atoms with Crippen LogP contribution in [0, 0.1) is 0 Å². The van der Waals surface area contributed by atoms with E-state index in [1.165, 1.54) is 4.90 Å². The molecule has 1 fully saturated rings. The van der Waals surface area contributed by atoms with Crippen LogP contribution in [0.4, 0.5) is 16.2 Å². The van der Waals surface area contributed by atoms with Gasteiger partial charge >= 0.3 is 6.09 Å². The molecule has 1 aliphatic rings. The van der Waals surface area contributed by atoms with E-state index in [4.69, 9.17) is 22.1 Å². The molecule has 0 radical (unpaired) electrons. The maximum absolute atomic E-state index is 11.7. The Labute approximate surface area is 109 Å². The van der Waals surface area contributed by atoms with Crippen molar-refractivity contribution >= 4 is 35.0 Å². The Morgan fingerprint density at radius 3 is 2.94 bits per heavy atom. The zero-order valence-electron chi connectivity index (χ0n) is 9.48. The summed E-state index contributed by atoms with van der Waals surface area (Å²) in [4.78, 5) is 24.2. The van der Waals surface area contributed by atoms with Crippen molar-refractivity contribution in [1.82, 2.24) is 4.90 Å². The number of carbonyl (C=O) groups is 2. The maximum atomic E-state index is 11.7. The Balaban J connectivity index is 1.96. The number of nitrogen functional groups attached to an aromatic ring is 1. The number of rotatable bonds is 3. The van der Waals surface area contributed by atoms with Crippen LogP contribution in [-0.4, -0.2) is 36.6 Å². The summed E-state index contributed by atoms with van der Waals surface area (Å²) in [5.74, 6) is -0.333. The van der Waals surface area contributed by atoms with E-state index in [0.717, 1.165) is 0 Å². The highest BCUT2D eigenvalue weighted by atomic mass is 35.5. The molecule has 0 atom stereocenters. The summed E-state index contributed by atoms with van der Waals surface area (Å²) in [6.07, 6.45) is -0.478. The van der Waals surface area contributed by atoms with Crippen LogP contribution in [-0.2, 0) is 9.53 Å². The van der Waals surface area contributed by atoms with Gasteiger partial charge in [0.1, 0.15) is 13.2 Å². The van der Waals surface area contributed by atoms with E-state index in [-0.39, 0.29) is 12.5 Å². The molecule has 1 aromatic rings. The molecule has 0 spiro atoms. The smallest absolute Gasteiger partial charge is 0.410 e. The summed E-state index contributed by atoms with van der Waals surface area (Å²) in [6, 6.07) is 4.78. The second-order valence-electron chi connectivity index (χ2n) is 3.82. The zero-order valence-corrected chi connectivity index (χ0v) is 10.2. The molecule has 1 aliphatic heterocycles. The Morgan fingerprint density at radius 2 is 2.33 bits per heavy atom. The first-order chi connectivity index (χ1) is 8.56. The lowest BCUT2D eigenvalue weighted by Gasteiger charge is -2.13. The molecule has 18 heavy (non-hydrogen) atoms. The normalized spacial score (nSPS) is 14.5. The summed E-state index contributed by atoms with van der Waals surface area (Å²) in [5, 5.41) is 2.96.